The average Bonchev–Trinajstić information content (AvgIpc) is 3.04. The van der Waals surface area contributed by atoms with Crippen LogP contribution >= 0.6 is 0 Å². The summed E-state index contributed by atoms with van der Waals surface area (Å²) in [6.07, 6.45) is 0. The number of aromatic nitrogens is 3. The van der Waals surface area contributed by atoms with Crippen LogP contribution in [-0.4, -0.2) is 57.5 Å². The third-order valence-electron chi connectivity index (χ3n) is 4.55. The van der Waals surface area contributed by atoms with Gasteiger partial charge >= 0.3 is 0 Å². The second-order valence-electron chi connectivity index (χ2n) is 6.04. The molecule has 0 amide bonds. The van der Waals surface area contributed by atoms with Gasteiger partial charge in [-0.05, 0) is 19.1 Å². The van der Waals surface area contributed by atoms with E-state index in [0.29, 0.717) is 25.5 Å². The standard InChI is InChI=1S/C17H20N4O2/c1-12-16(15(22)11-20-7-9-23-10-8-20)21-14-6-4-3-5-13(14)19(2)17(21)18-12/h3-6H,7-11H2,1-2H3. The second kappa shape index (κ2) is 5.47. The van der Waals surface area contributed by atoms with Crippen molar-refractivity contribution in [2.75, 3.05) is 32.8 Å². The lowest BCUT2D eigenvalue weighted by Crippen LogP contribution is -2.39. The molecule has 4 rings (SSSR count). The molecule has 0 radical (unpaired) electrons. The normalized spacial score (nSPS) is 16.4. The number of hydrogen-bond donors (Lipinski definition) is 0. The van der Waals surface area contributed by atoms with Gasteiger partial charge in [0.15, 0.2) is 5.78 Å². The van der Waals surface area contributed by atoms with Crippen LogP contribution in [0.1, 0.15) is 16.2 Å². The molecule has 0 N–H and O–H groups in total. The van der Waals surface area contributed by atoms with E-state index in [2.05, 4.69) is 16.0 Å². The van der Waals surface area contributed by atoms with Gasteiger partial charge in [0.25, 0.3) is 0 Å². The highest BCUT2D eigenvalue weighted by molar-refractivity contribution is 6.00. The fourth-order valence-corrected chi connectivity index (χ4v) is 3.38. The van der Waals surface area contributed by atoms with Gasteiger partial charge in [0, 0.05) is 20.1 Å². The molecule has 120 valence electrons. The number of hydrogen-bond acceptors (Lipinski definition) is 4. The predicted octanol–water partition coefficient (Wildman–Crippen LogP) is 1.65. The number of ether oxygens (including phenoxy) is 1. The quantitative estimate of drug-likeness (QED) is 0.690. The molecule has 1 aliphatic rings. The Hall–Kier alpha value is -2.18. The minimum atomic E-state index is 0.119. The van der Waals surface area contributed by atoms with Crippen molar-refractivity contribution in [3.05, 3.63) is 35.7 Å². The summed E-state index contributed by atoms with van der Waals surface area (Å²) in [4.78, 5) is 19.7. The van der Waals surface area contributed by atoms with Crippen molar-refractivity contribution in [2.24, 2.45) is 7.05 Å². The van der Waals surface area contributed by atoms with Crippen LogP contribution in [0.15, 0.2) is 24.3 Å². The SMILES string of the molecule is Cc1nc2n(C)c3ccccc3n2c1C(=O)CN1CCOCC1. The Bertz CT molecular complexity index is 887. The van der Waals surface area contributed by atoms with E-state index in [9.17, 15) is 4.79 Å². The van der Waals surface area contributed by atoms with Crippen LogP contribution in [0.2, 0.25) is 0 Å². The topological polar surface area (TPSA) is 51.8 Å². The van der Waals surface area contributed by atoms with Crippen molar-refractivity contribution < 1.29 is 9.53 Å². The van der Waals surface area contributed by atoms with E-state index in [1.54, 1.807) is 0 Å². The first-order valence-electron chi connectivity index (χ1n) is 7.92. The Balaban J connectivity index is 1.81. The number of carbonyl (C=O) groups excluding carboxylic acids is 1. The minimum absolute atomic E-state index is 0.119. The molecule has 0 spiro atoms. The maximum absolute atomic E-state index is 12.9. The minimum Gasteiger partial charge on any atom is -0.379 e. The molecule has 3 heterocycles. The monoisotopic (exact) mass is 312 g/mol. The first kappa shape index (κ1) is 14.4. The van der Waals surface area contributed by atoms with Crippen LogP contribution < -0.4 is 0 Å². The van der Waals surface area contributed by atoms with Gasteiger partial charge in [0.2, 0.25) is 5.78 Å². The van der Waals surface area contributed by atoms with Crippen molar-refractivity contribution in [2.45, 2.75) is 6.92 Å². The third-order valence-corrected chi connectivity index (χ3v) is 4.55. The highest BCUT2D eigenvalue weighted by Gasteiger charge is 2.23. The van der Waals surface area contributed by atoms with Crippen LogP contribution in [-0.2, 0) is 11.8 Å². The van der Waals surface area contributed by atoms with E-state index in [-0.39, 0.29) is 5.78 Å². The number of nitrogens with zero attached hydrogens (tertiary/aromatic N) is 4. The number of fused-ring (bicyclic) bond motifs is 3. The van der Waals surface area contributed by atoms with Crippen molar-refractivity contribution in [1.82, 2.24) is 18.9 Å². The van der Waals surface area contributed by atoms with E-state index in [4.69, 9.17) is 4.74 Å². The van der Waals surface area contributed by atoms with Crippen molar-refractivity contribution in [3.8, 4) is 0 Å². The number of morpholine rings is 1. The summed E-state index contributed by atoms with van der Waals surface area (Å²) >= 11 is 0. The number of para-hydroxylation sites is 2. The van der Waals surface area contributed by atoms with E-state index < -0.39 is 0 Å². The fourth-order valence-electron chi connectivity index (χ4n) is 3.38. The lowest BCUT2D eigenvalue weighted by Gasteiger charge is -2.25. The molecule has 1 aromatic carbocycles. The Morgan fingerprint density at radius 1 is 1.22 bits per heavy atom. The summed E-state index contributed by atoms with van der Waals surface area (Å²) in [6, 6.07) is 8.09. The van der Waals surface area contributed by atoms with Gasteiger partial charge in [0.1, 0.15) is 5.69 Å². The van der Waals surface area contributed by atoms with Gasteiger partial charge < -0.3 is 9.30 Å². The van der Waals surface area contributed by atoms with Gasteiger partial charge in [-0.25, -0.2) is 4.98 Å². The van der Waals surface area contributed by atoms with Crippen molar-refractivity contribution in [1.29, 1.82) is 0 Å². The Kier molecular flexibility index (Phi) is 3.43. The molecule has 0 aliphatic carbocycles. The number of carbonyl (C=O) groups is 1. The number of Topliss-reactive ketones (excluding diaryl/α,β-unsaturated/α-hetero) is 1. The number of ketones is 1. The number of aryl methyl sites for hydroxylation is 2. The van der Waals surface area contributed by atoms with Gasteiger partial charge in [0.05, 0.1) is 36.5 Å². The summed E-state index contributed by atoms with van der Waals surface area (Å²) in [6.45, 7) is 5.34. The highest BCUT2D eigenvalue weighted by Crippen LogP contribution is 2.23. The maximum Gasteiger partial charge on any atom is 0.215 e. The Labute approximate surface area is 134 Å². The molecule has 0 unspecified atom stereocenters. The van der Waals surface area contributed by atoms with Gasteiger partial charge in [-0.2, -0.15) is 0 Å². The zero-order valence-electron chi connectivity index (χ0n) is 13.5. The summed E-state index contributed by atoms with van der Waals surface area (Å²) in [5, 5.41) is 0. The smallest absolute Gasteiger partial charge is 0.215 e. The van der Waals surface area contributed by atoms with Gasteiger partial charge in [-0.1, -0.05) is 12.1 Å². The van der Waals surface area contributed by atoms with E-state index in [0.717, 1.165) is 35.6 Å². The molecule has 1 aliphatic heterocycles. The number of benzene rings is 1. The van der Waals surface area contributed by atoms with Crippen LogP contribution in [0.3, 0.4) is 0 Å². The molecule has 2 aromatic heterocycles. The first-order valence-corrected chi connectivity index (χ1v) is 7.92. The summed E-state index contributed by atoms with van der Waals surface area (Å²) in [5.41, 5.74) is 3.59. The number of rotatable bonds is 3. The Morgan fingerprint density at radius 2 is 1.91 bits per heavy atom. The lowest BCUT2D eigenvalue weighted by molar-refractivity contribution is 0.0370. The summed E-state index contributed by atoms with van der Waals surface area (Å²) in [5.74, 6) is 0.933. The molecule has 0 atom stereocenters. The molecule has 6 nitrogen and oxygen atoms in total. The van der Waals surface area contributed by atoms with E-state index in [1.165, 1.54) is 0 Å². The molecular weight excluding hydrogens is 292 g/mol. The Morgan fingerprint density at radius 3 is 2.65 bits per heavy atom. The van der Waals surface area contributed by atoms with Crippen molar-refractivity contribution >= 4 is 22.6 Å². The van der Waals surface area contributed by atoms with Crippen LogP contribution in [0, 0.1) is 6.92 Å². The average molecular weight is 312 g/mol. The van der Waals surface area contributed by atoms with Crippen LogP contribution in [0.5, 0.6) is 0 Å². The van der Waals surface area contributed by atoms with Gasteiger partial charge in [-0.3, -0.25) is 14.1 Å². The van der Waals surface area contributed by atoms with E-state index >= 15 is 0 Å². The predicted molar refractivity (Wildman–Crippen MR) is 88.0 cm³/mol. The molecule has 1 saturated heterocycles. The summed E-state index contributed by atoms with van der Waals surface area (Å²) < 4.78 is 9.38. The molecule has 23 heavy (non-hydrogen) atoms. The second-order valence-corrected chi connectivity index (χ2v) is 6.04. The van der Waals surface area contributed by atoms with Crippen LogP contribution in [0.4, 0.5) is 0 Å². The van der Waals surface area contributed by atoms with E-state index in [1.807, 2.05) is 41.1 Å². The molecule has 0 bridgehead atoms. The molecule has 6 heteroatoms. The van der Waals surface area contributed by atoms with Gasteiger partial charge in [-0.15, -0.1) is 0 Å². The maximum atomic E-state index is 12.9. The molecule has 0 saturated carbocycles. The highest BCUT2D eigenvalue weighted by atomic mass is 16.5. The molecular formula is C17H20N4O2. The zero-order chi connectivity index (χ0) is 16.0. The summed E-state index contributed by atoms with van der Waals surface area (Å²) in [7, 11) is 1.99. The fraction of sp³-hybridized carbons (Fsp3) is 0.412. The third kappa shape index (κ3) is 2.26. The lowest BCUT2D eigenvalue weighted by atomic mass is 10.2. The molecule has 1 fully saturated rings. The zero-order valence-corrected chi connectivity index (χ0v) is 13.5. The molecule has 3 aromatic rings. The largest absolute Gasteiger partial charge is 0.379 e. The van der Waals surface area contributed by atoms with Crippen LogP contribution in [0.25, 0.3) is 16.8 Å². The first-order chi connectivity index (χ1) is 11.2. The van der Waals surface area contributed by atoms with Crippen molar-refractivity contribution in [3.63, 3.8) is 0 Å². The number of imidazole rings is 2.